The van der Waals surface area contributed by atoms with Gasteiger partial charge in [-0.05, 0) is 25.7 Å². The van der Waals surface area contributed by atoms with Crippen molar-refractivity contribution < 1.29 is 9.53 Å². The highest BCUT2D eigenvalue weighted by molar-refractivity contribution is 8.25. The fourth-order valence-electron chi connectivity index (χ4n) is 11.0. The molecule has 0 saturated heterocycles. The van der Waals surface area contributed by atoms with Crippen LogP contribution in [0.1, 0.15) is 303 Å². The van der Waals surface area contributed by atoms with Crippen LogP contribution in [0, 0.1) is 0 Å². The van der Waals surface area contributed by atoms with E-state index in [2.05, 4.69) is 170 Å². The van der Waals surface area contributed by atoms with E-state index in [4.69, 9.17) is 4.74 Å². The van der Waals surface area contributed by atoms with Crippen LogP contribution in [0.25, 0.3) is 0 Å². The van der Waals surface area contributed by atoms with E-state index in [9.17, 15) is 0 Å². The number of unbranched alkanes of at least 4 members (excludes halogenated alkanes) is 28. The zero-order valence-corrected chi connectivity index (χ0v) is 53.7. The van der Waals surface area contributed by atoms with Crippen LogP contribution in [-0.4, -0.2) is 35.6 Å². The van der Waals surface area contributed by atoms with Crippen molar-refractivity contribution in [2.75, 3.05) is 0 Å². The molecule has 3 aromatic carbocycles. The van der Waals surface area contributed by atoms with Gasteiger partial charge in [0.2, 0.25) is 0 Å². The van der Waals surface area contributed by atoms with Crippen molar-refractivity contribution in [1.82, 2.24) is 0 Å². The maximum atomic E-state index is 17.0. The van der Waals surface area contributed by atoms with Crippen molar-refractivity contribution in [3.05, 3.63) is 108 Å². The summed E-state index contributed by atoms with van der Waals surface area (Å²) in [5.41, 5.74) is 1.84. The zero-order valence-electron chi connectivity index (χ0n) is 50.5. The van der Waals surface area contributed by atoms with Gasteiger partial charge in [-0.2, -0.15) is 0 Å². The molecule has 3 aromatic rings. The van der Waals surface area contributed by atoms with Crippen molar-refractivity contribution in [3.63, 3.8) is 0 Å². The van der Waals surface area contributed by atoms with Crippen molar-refractivity contribution in [3.8, 4) is 0 Å². The SMILES string of the molecule is CCCCCCCCCCC(C)SC(SC(C)CCCCCCCCCC)C(SC(C)CCCCCCCCCC)(SC(C)CCCCCCCCCC)C(=O)OC(c1ccccc1)(c1ccccc1)c1ccccc1. The van der Waals surface area contributed by atoms with Crippen molar-refractivity contribution >= 4 is 53.0 Å². The van der Waals surface area contributed by atoms with Crippen LogP contribution in [0.3, 0.4) is 0 Å². The van der Waals surface area contributed by atoms with E-state index in [1.54, 1.807) is 0 Å². The molecule has 0 bridgehead atoms. The lowest BCUT2D eigenvalue weighted by atomic mass is 9.80. The molecule has 0 aliphatic carbocycles. The monoisotopic (exact) mass is 1120 g/mol. The summed E-state index contributed by atoms with van der Waals surface area (Å²) >= 11 is 8.29. The summed E-state index contributed by atoms with van der Waals surface area (Å²) in [7, 11) is 0. The van der Waals surface area contributed by atoms with Gasteiger partial charge < -0.3 is 4.74 Å². The largest absolute Gasteiger partial charge is 0.442 e. The van der Waals surface area contributed by atoms with Gasteiger partial charge in [0.15, 0.2) is 9.68 Å². The molecule has 0 aromatic heterocycles. The maximum Gasteiger partial charge on any atom is 0.336 e. The molecule has 0 saturated carbocycles. The average Bonchev–Trinajstić information content (AvgIpc) is 3.43. The number of carbonyl (C=O) groups excluding carboxylic acids is 1. The Kier molecular flexibility index (Phi) is 40.0. The highest BCUT2D eigenvalue weighted by Crippen LogP contribution is 2.58. The fraction of sp³-hybridized carbons (Fsp3) is 0.729. The number of ether oxygens (including phenoxy) is 1. The molecular formula is C70H116O2S4. The summed E-state index contributed by atoms with van der Waals surface area (Å²) in [6, 6.07) is 32.1. The molecule has 0 heterocycles. The summed E-state index contributed by atoms with van der Waals surface area (Å²) in [5, 5.41) is 1.44. The lowest BCUT2D eigenvalue weighted by Gasteiger charge is -2.45. The number of thioether (sulfide) groups is 4. The Balaban J connectivity index is 2.19. The smallest absolute Gasteiger partial charge is 0.336 e. The third kappa shape index (κ3) is 27.8. The zero-order chi connectivity index (χ0) is 54.8. The van der Waals surface area contributed by atoms with Crippen molar-refractivity contribution in [1.29, 1.82) is 0 Å². The fourth-order valence-corrected chi connectivity index (χ4v) is 19.2. The van der Waals surface area contributed by atoms with Crippen LogP contribution in [-0.2, 0) is 15.1 Å². The second-order valence-electron chi connectivity index (χ2n) is 23.0. The predicted molar refractivity (Wildman–Crippen MR) is 349 cm³/mol. The maximum absolute atomic E-state index is 17.0. The Labute approximate surface area is 488 Å². The number of hydrogen-bond acceptors (Lipinski definition) is 6. The van der Waals surface area contributed by atoms with E-state index in [1.807, 2.05) is 23.5 Å². The molecule has 0 amide bonds. The van der Waals surface area contributed by atoms with Gasteiger partial charge >= 0.3 is 5.97 Å². The molecule has 4 unspecified atom stereocenters. The molecule has 4 atom stereocenters. The van der Waals surface area contributed by atoms with E-state index in [0.29, 0.717) is 21.0 Å². The molecule has 2 nitrogen and oxygen atoms in total. The Hall–Kier alpha value is -1.47. The van der Waals surface area contributed by atoms with E-state index in [0.717, 1.165) is 29.5 Å². The van der Waals surface area contributed by atoms with Crippen LogP contribution in [0.5, 0.6) is 0 Å². The Morgan fingerprint density at radius 2 is 0.592 bits per heavy atom. The minimum Gasteiger partial charge on any atom is -0.442 e. The van der Waals surface area contributed by atoms with Gasteiger partial charge in [-0.1, -0.05) is 352 Å². The van der Waals surface area contributed by atoms with Gasteiger partial charge in [0.25, 0.3) is 0 Å². The molecule has 0 spiro atoms. The van der Waals surface area contributed by atoms with E-state index >= 15 is 4.79 Å². The van der Waals surface area contributed by atoms with E-state index < -0.39 is 9.68 Å². The van der Waals surface area contributed by atoms with E-state index in [-0.39, 0.29) is 10.6 Å². The minimum absolute atomic E-state index is 0.00476. The molecule has 76 heavy (non-hydrogen) atoms. The van der Waals surface area contributed by atoms with Gasteiger partial charge in [-0.25, -0.2) is 4.79 Å². The average molecular weight is 1120 g/mol. The summed E-state index contributed by atoms with van der Waals surface area (Å²) in [5.74, 6) is -0.0480. The van der Waals surface area contributed by atoms with Crippen molar-refractivity contribution in [2.24, 2.45) is 0 Å². The predicted octanol–water partition coefficient (Wildman–Crippen LogP) is 24.2. The third-order valence-corrected chi connectivity index (χ3v) is 22.9. The van der Waals surface area contributed by atoms with Crippen LogP contribution >= 0.6 is 47.0 Å². The minimum atomic E-state index is -1.14. The molecule has 432 valence electrons. The lowest BCUT2D eigenvalue weighted by Crippen LogP contribution is -2.49. The number of benzene rings is 3. The second-order valence-corrected chi connectivity index (χ2v) is 30.0. The molecule has 0 aliphatic rings. The van der Waals surface area contributed by atoms with Gasteiger partial charge in [0.1, 0.15) is 0 Å². The van der Waals surface area contributed by atoms with Crippen molar-refractivity contribution in [2.45, 2.75) is 322 Å². The molecule has 0 aliphatic heterocycles. The van der Waals surface area contributed by atoms with Gasteiger partial charge in [-0.3, -0.25) is 0 Å². The van der Waals surface area contributed by atoms with E-state index in [1.165, 1.54) is 218 Å². The molecule has 0 radical (unpaired) electrons. The van der Waals surface area contributed by atoms with Gasteiger partial charge in [0.05, 0.1) is 4.58 Å². The highest BCUT2D eigenvalue weighted by Gasteiger charge is 2.55. The number of esters is 1. The standard InChI is InChI=1S/C70H116O2S4/c1-9-13-17-21-25-29-33-40-50-60(5)73-68(74-61(6)51-41-34-30-26-22-18-14-10-2)70(75-62(7)52-42-35-31-27-23-19-15-11-3,76-63(8)53-43-36-32-28-24-20-16-12-4)67(71)72-69(64-54-44-37-45-55-64,65-56-46-38-47-57-65)66-58-48-39-49-59-66/h37-39,44-49,54-63,68H,9-36,40-43,50-53H2,1-8H3. The molecule has 6 heteroatoms. The number of hydrogen-bond donors (Lipinski definition) is 0. The molecule has 0 N–H and O–H groups in total. The first kappa shape index (κ1) is 68.8. The number of carbonyl (C=O) groups is 1. The van der Waals surface area contributed by atoms with Crippen LogP contribution in [0.15, 0.2) is 91.0 Å². The highest BCUT2D eigenvalue weighted by atomic mass is 32.2. The molecule has 0 fully saturated rings. The summed E-state index contributed by atoms with van der Waals surface area (Å²) in [6.45, 7) is 19.1. The first-order valence-electron chi connectivity index (χ1n) is 32.2. The summed E-state index contributed by atoms with van der Waals surface area (Å²) in [4.78, 5) is 17.0. The first-order chi connectivity index (χ1) is 37.2. The Morgan fingerprint density at radius 3 is 0.855 bits per heavy atom. The topological polar surface area (TPSA) is 26.3 Å². The summed E-state index contributed by atoms with van der Waals surface area (Å²) in [6.07, 6.45) is 47.0. The van der Waals surface area contributed by atoms with Gasteiger partial charge in [0, 0.05) is 37.7 Å². The Morgan fingerprint density at radius 1 is 0.355 bits per heavy atom. The Bertz CT molecular complexity index is 1620. The normalized spacial score (nSPS) is 14.7. The lowest BCUT2D eigenvalue weighted by molar-refractivity contribution is -0.153. The molecular weight excluding hydrogens is 1000 g/mol. The quantitative estimate of drug-likeness (QED) is 0.0242. The number of rotatable bonds is 50. The summed E-state index contributed by atoms with van der Waals surface area (Å²) < 4.78 is 6.93. The van der Waals surface area contributed by atoms with Gasteiger partial charge in [-0.15, -0.1) is 47.0 Å². The third-order valence-electron chi connectivity index (χ3n) is 15.7. The van der Waals surface area contributed by atoms with Crippen LogP contribution < -0.4 is 0 Å². The van der Waals surface area contributed by atoms with Crippen LogP contribution in [0.2, 0.25) is 0 Å². The second kappa shape index (κ2) is 44.2. The first-order valence-corrected chi connectivity index (χ1v) is 35.9. The van der Waals surface area contributed by atoms with Crippen LogP contribution in [0.4, 0.5) is 0 Å². The molecule has 3 rings (SSSR count).